The summed E-state index contributed by atoms with van der Waals surface area (Å²) in [6, 6.07) is 17.4. The second-order valence-corrected chi connectivity index (χ2v) is 5.54. The maximum Gasteiger partial charge on any atom is 0.224 e. The predicted molar refractivity (Wildman–Crippen MR) is 89.7 cm³/mol. The molecule has 0 bridgehead atoms. The first-order valence-electron chi connectivity index (χ1n) is 7.49. The number of amides is 1. The lowest BCUT2D eigenvalue weighted by Crippen LogP contribution is -2.24. The van der Waals surface area contributed by atoms with E-state index in [-0.39, 0.29) is 5.91 Å². The zero-order valence-electron chi connectivity index (χ0n) is 12.9. The van der Waals surface area contributed by atoms with E-state index in [1.807, 2.05) is 43.3 Å². The SMILES string of the molecule is Cc1[nH]c2ccccc2c1CC(=O)NCc1cccc(C#N)c1. The number of hydrogen-bond donors (Lipinski definition) is 2. The van der Waals surface area contributed by atoms with Crippen LogP contribution in [0, 0.1) is 18.3 Å². The second kappa shape index (κ2) is 6.37. The molecule has 0 spiro atoms. The molecule has 2 aromatic carbocycles. The molecule has 1 heterocycles. The molecule has 0 atom stereocenters. The molecule has 0 fully saturated rings. The van der Waals surface area contributed by atoms with Crippen LogP contribution < -0.4 is 5.32 Å². The molecule has 0 saturated carbocycles. The lowest BCUT2D eigenvalue weighted by Gasteiger charge is -2.06. The third-order valence-corrected chi connectivity index (χ3v) is 3.91. The van der Waals surface area contributed by atoms with Crippen molar-refractivity contribution >= 4 is 16.8 Å². The van der Waals surface area contributed by atoms with E-state index in [0.29, 0.717) is 18.5 Å². The van der Waals surface area contributed by atoms with E-state index in [0.717, 1.165) is 27.7 Å². The first-order valence-corrected chi connectivity index (χ1v) is 7.49. The summed E-state index contributed by atoms with van der Waals surface area (Å²) in [4.78, 5) is 15.5. The Morgan fingerprint density at radius 3 is 2.87 bits per heavy atom. The number of nitrogens with zero attached hydrogens (tertiary/aromatic N) is 1. The number of carbonyl (C=O) groups is 1. The van der Waals surface area contributed by atoms with E-state index in [9.17, 15) is 4.79 Å². The average molecular weight is 303 g/mol. The number of H-pyrrole nitrogens is 1. The minimum atomic E-state index is -0.0276. The van der Waals surface area contributed by atoms with Gasteiger partial charge in [0, 0.05) is 23.1 Å². The van der Waals surface area contributed by atoms with E-state index < -0.39 is 0 Å². The lowest BCUT2D eigenvalue weighted by atomic mass is 10.1. The smallest absolute Gasteiger partial charge is 0.224 e. The Bertz CT molecular complexity index is 902. The predicted octanol–water partition coefficient (Wildman–Crippen LogP) is 3.21. The van der Waals surface area contributed by atoms with Crippen molar-refractivity contribution in [3.05, 3.63) is 70.9 Å². The number of rotatable bonds is 4. The van der Waals surface area contributed by atoms with Gasteiger partial charge >= 0.3 is 0 Å². The Labute approximate surface area is 134 Å². The van der Waals surface area contributed by atoms with Crippen molar-refractivity contribution in [1.29, 1.82) is 5.26 Å². The van der Waals surface area contributed by atoms with Gasteiger partial charge in [-0.05, 0) is 36.2 Å². The van der Waals surface area contributed by atoms with Crippen molar-refractivity contribution in [2.75, 3.05) is 0 Å². The fourth-order valence-electron chi connectivity index (χ4n) is 2.74. The van der Waals surface area contributed by atoms with Gasteiger partial charge in [0.2, 0.25) is 5.91 Å². The molecule has 3 aromatic rings. The molecule has 114 valence electrons. The topological polar surface area (TPSA) is 68.7 Å². The Kier molecular flexibility index (Phi) is 4.11. The molecule has 23 heavy (non-hydrogen) atoms. The van der Waals surface area contributed by atoms with E-state index in [4.69, 9.17) is 5.26 Å². The molecule has 0 aliphatic rings. The van der Waals surface area contributed by atoms with Crippen LogP contribution in [0.3, 0.4) is 0 Å². The summed E-state index contributed by atoms with van der Waals surface area (Å²) in [5.41, 5.74) is 4.63. The summed E-state index contributed by atoms with van der Waals surface area (Å²) in [6.45, 7) is 2.41. The number of aromatic nitrogens is 1. The molecule has 0 unspecified atom stereocenters. The summed E-state index contributed by atoms with van der Waals surface area (Å²) in [6.07, 6.45) is 0.341. The van der Waals surface area contributed by atoms with Gasteiger partial charge in [0.05, 0.1) is 18.1 Å². The summed E-state index contributed by atoms with van der Waals surface area (Å²) >= 11 is 0. The lowest BCUT2D eigenvalue weighted by molar-refractivity contribution is -0.120. The number of nitriles is 1. The van der Waals surface area contributed by atoms with Crippen LogP contribution in [0.5, 0.6) is 0 Å². The molecule has 4 heteroatoms. The van der Waals surface area contributed by atoms with Crippen LogP contribution in [0.1, 0.15) is 22.4 Å². The molecule has 1 amide bonds. The normalized spacial score (nSPS) is 10.4. The highest BCUT2D eigenvalue weighted by atomic mass is 16.1. The van der Waals surface area contributed by atoms with Gasteiger partial charge in [-0.1, -0.05) is 30.3 Å². The third kappa shape index (κ3) is 3.24. The van der Waals surface area contributed by atoms with Gasteiger partial charge in [-0.3, -0.25) is 4.79 Å². The number of hydrogen-bond acceptors (Lipinski definition) is 2. The molecule has 0 aliphatic heterocycles. The fourth-order valence-corrected chi connectivity index (χ4v) is 2.74. The number of nitrogens with one attached hydrogen (secondary N) is 2. The second-order valence-electron chi connectivity index (χ2n) is 5.54. The van der Waals surface area contributed by atoms with E-state index >= 15 is 0 Å². The van der Waals surface area contributed by atoms with Crippen molar-refractivity contribution in [2.24, 2.45) is 0 Å². The van der Waals surface area contributed by atoms with Crippen LogP contribution in [0.2, 0.25) is 0 Å². The van der Waals surface area contributed by atoms with Crippen molar-refractivity contribution < 1.29 is 4.79 Å². The Morgan fingerprint density at radius 1 is 1.22 bits per heavy atom. The molecule has 1 aromatic heterocycles. The van der Waals surface area contributed by atoms with Gasteiger partial charge in [0.15, 0.2) is 0 Å². The maximum atomic E-state index is 12.2. The minimum Gasteiger partial charge on any atom is -0.358 e. The Morgan fingerprint density at radius 2 is 2.04 bits per heavy atom. The highest BCUT2D eigenvalue weighted by Gasteiger charge is 2.12. The molecule has 0 radical (unpaired) electrons. The number of aryl methyl sites for hydroxylation is 1. The van der Waals surface area contributed by atoms with Crippen molar-refractivity contribution in [3.8, 4) is 6.07 Å². The number of para-hydroxylation sites is 1. The van der Waals surface area contributed by atoms with Gasteiger partial charge in [-0.25, -0.2) is 0 Å². The quantitative estimate of drug-likeness (QED) is 0.777. The van der Waals surface area contributed by atoms with Crippen LogP contribution in [-0.4, -0.2) is 10.9 Å². The van der Waals surface area contributed by atoms with Gasteiger partial charge < -0.3 is 10.3 Å². The molecule has 0 aliphatic carbocycles. The number of carbonyl (C=O) groups excluding carboxylic acids is 1. The number of fused-ring (bicyclic) bond motifs is 1. The van der Waals surface area contributed by atoms with E-state index in [1.165, 1.54) is 0 Å². The highest BCUT2D eigenvalue weighted by molar-refractivity contribution is 5.90. The van der Waals surface area contributed by atoms with Crippen molar-refractivity contribution in [2.45, 2.75) is 19.9 Å². The summed E-state index contributed by atoms with van der Waals surface area (Å²) in [5.74, 6) is -0.0276. The summed E-state index contributed by atoms with van der Waals surface area (Å²) < 4.78 is 0. The largest absolute Gasteiger partial charge is 0.358 e. The zero-order valence-corrected chi connectivity index (χ0v) is 12.9. The molecular formula is C19H17N3O. The molecule has 4 nitrogen and oxygen atoms in total. The van der Waals surface area contributed by atoms with Crippen molar-refractivity contribution in [3.63, 3.8) is 0 Å². The number of benzene rings is 2. The Hall–Kier alpha value is -3.06. The first-order chi connectivity index (χ1) is 11.2. The number of aromatic amines is 1. The van der Waals surface area contributed by atoms with Crippen LogP contribution in [0.15, 0.2) is 48.5 Å². The maximum absolute atomic E-state index is 12.2. The van der Waals surface area contributed by atoms with Gasteiger partial charge in [0.1, 0.15) is 0 Å². The fraction of sp³-hybridized carbons (Fsp3) is 0.158. The van der Waals surface area contributed by atoms with Gasteiger partial charge in [0.25, 0.3) is 0 Å². The van der Waals surface area contributed by atoms with Crippen LogP contribution in [-0.2, 0) is 17.8 Å². The van der Waals surface area contributed by atoms with Crippen LogP contribution >= 0.6 is 0 Å². The van der Waals surface area contributed by atoms with E-state index in [1.54, 1.807) is 12.1 Å². The standard InChI is InChI=1S/C19H17N3O/c1-13-17(16-7-2-3-8-18(16)22-13)10-19(23)21-12-15-6-4-5-14(9-15)11-20/h2-9,22H,10,12H2,1H3,(H,21,23). The highest BCUT2D eigenvalue weighted by Crippen LogP contribution is 2.22. The van der Waals surface area contributed by atoms with Gasteiger partial charge in [-0.15, -0.1) is 0 Å². The third-order valence-electron chi connectivity index (χ3n) is 3.91. The summed E-state index contributed by atoms with van der Waals surface area (Å²) in [7, 11) is 0. The van der Waals surface area contributed by atoms with Gasteiger partial charge in [-0.2, -0.15) is 5.26 Å². The minimum absolute atomic E-state index is 0.0276. The molecule has 2 N–H and O–H groups in total. The summed E-state index contributed by atoms with van der Waals surface area (Å²) in [5, 5.41) is 12.9. The average Bonchev–Trinajstić information content (AvgIpc) is 2.89. The zero-order chi connectivity index (χ0) is 16.2. The molecule has 0 saturated heterocycles. The Balaban J connectivity index is 1.69. The molecular weight excluding hydrogens is 286 g/mol. The van der Waals surface area contributed by atoms with Crippen LogP contribution in [0.25, 0.3) is 10.9 Å². The monoisotopic (exact) mass is 303 g/mol. The first kappa shape index (κ1) is 14.9. The van der Waals surface area contributed by atoms with Crippen molar-refractivity contribution in [1.82, 2.24) is 10.3 Å². The van der Waals surface area contributed by atoms with Crippen LogP contribution in [0.4, 0.5) is 0 Å². The van der Waals surface area contributed by atoms with E-state index in [2.05, 4.69) is 16.4 Å². The molecule has 3 rings (SSSR count).